The van der Waals surface area contributed by atoms with Gasteiger partial charge in [0.05, 0.1) is 6.10 Å². The maximum absolute atomic E-state index is 12.0. The standard InChI is InChI=1S/C13H20N2O2/c1-8-7-9(2)14-12(8)13(17)15-10-3-5-11(16)6-4-10/h7,10-11,14,16H,3-6H2,1-2H3,(H,15,17). The summed E-state index contributed by atoms with van der Waals surface area (Å²) in [4.78, 5) is 15.1. The number of aliphatic hydroxyl groups is 1. The lowest BCUT2D eigenvalue weighted by atomic mass is 9.93. The van der Waals surface area contributed by atoms with Gasteiger partial charge in [-0.05, 0) is 51.2 Å². The van der Waals surface area contributed by atoms with E-state index in [1.165, 1.54) is 0 Å². The average molecular weight is 236 g/mol. The second-order valence-corrected chi connectivity index (χ2v) is 4.99. The molecule has 0 aliphatic heterocycles. The van der Waals surface area contributed by atoms with Crippen LogP contribution >= 0.6 is 0 Å². The molecule has 17 heavy (non-hydrogen) atoms. The quantitative estimate of drug-likeness (QED) is 0.731. The van der Waals surface area contributed by atoms with Crippen molar-refractivity contribution in [1.82, 2.24) is 10.3 Å². The highest BCUT2D eigenvalue weighted by Gasteiger charge is 2.22. The van der Waals surface area contributed by atoms with Crippen LogP contribution in [0.4, 0.5) is 0 Å². The zero-order valence-corrected chi connectivity index (χ0v) is 10.4. The molecule has 0 aromatic carbocycles. The van der Waals surface area contributed by atoms with E-state index in [9.17, 15) is 9.90 Å². The van der Waals surface area contributed by atoms with E-state index < -0.39 is 0 Å². The van der Waals surface area contributed by atoms with Crippen LogP contribution in [0.15, 0.2) is 6.07 Å². The number of hydrogen-bond acceptors (Lipinski definition) is 2. The highest BCUT2D eigenvalue weighted by molar-refractivity contribution is 5.94. The molecule has 1 amide bonds. The third-order valence-corrected chi connectivity index (χ3v) is 3.41. The molecule has 4 nitrogen and oxygen atoms in total. The molecule has 1 heterocycles. The molecular weight excluding hydrogens is 216 g/mol. The van der Waals surface area contributed by atoms with Crippen LogP contribution in [0.3, 0.4) is 0 Å². The van der Waals surface area contributed by atoms with Crippen molar-refractivity contribution >= 4 is 5.91 Å². The summed E-state index contributed by atoms with van der Waals surface area (Å²) >= 11 is 0. The summed E-state index contributed by atoms with van der Waals surface area (Å²) in [5.41, 5.74) is 2.65. The van der Waals surface area contributed by atoms with Crippen molar-refractivity contribution in [1.29, 1.82) is 0 Å². The molecule has 2 rings (SSSR count). The zero-order chi connectivity index (χ0) is 12.4. The second-order valence-electron chi connectivity index (χ2n) is 4.99. The summed E-state index contributed by atoms with van der Waals surface area (Å²) < 4.78 is 0. The molecule has 1 aliphatic carbocycles. The van der Waals surface area contributed by atoms with Crippen LogP contribution < -0.4 is 5.32 Å². The summed E-state index contributed by atoms with van der Waals surface area (Å²) in [5.74, 6) is -0.0306. The van der Waals surface area contributed by atoms with Crippen molar-refractivity contribution in [2.45, 2.75) is 51.7 Å². The van der Waals surface area contributed by atoms with Gasteiger partial charge in [-0.25, -0.2) is 0 Å². The highest BCUT2D eigenvalue weighted by atomic mass is 16.3. The molecular formula is C13H20N2O2. The van der Waals surface area contributed by atoms with Crippen LogP contribution in [-0.2, 0) is 0 Å². The fraction of sp³-hybridized carbons (Fsp3) is 0.615. The zero-order valence-electron chi connectivity index (χ0n) is 10.4. The molecule has 1 fully saturated rings. The smallest absolute Gasteiger partial charge is 0.268 e. The molecule has 0 saturated heterocycles. The van der Waals surface area contributed by atoms with E-state index in [0.717, 1.165) is 36.9 Å². The number of rotatable bonds is 2. The molecule has 4 heteroatoms. The van der Waals surface area contributed by atoms with Gasteiger partial charge in [-0.2, -0.15) is 0 Å². The molecule has 0 atom stereocenters. The van der Waals surface area contributed by atoms with Crippen molar-refractivity contribution < 1.29 is 9.90 Å². The van der Waals surface area contributed by atoms with Gasteiger partial charge in [0.15, 0.2) is 0 Å². The number of hydrogen-bond donors (Lipinski definition) is 3. The molecule has 94 valence electrons. The Kier molecular flexibility index (Phi) is 3.52. The van der Waals surface area contributed by atoms with Crippen LogP contribution in [0.1, 0.15) is 47.4 Å². The first kappa shape index (κ1) is 12.2. The number of aryl methyl sites for hydroxylation is 2. The van der Waals surface area contributed by atoms with Gasteiger partial charge in [0, 0.05) is 11.7 Å². The minimum atomic E-state index is -0.183. The predicted molar refractivity (Wildman–Crippen MR) is 66.0 cm³/mol. The summed E-state index contributed by atoms with van der Waals surface area (Å²) in [5, 5.41) is 12.4. The molecule has 0 spiro atoms. The van der Waals surface area contributed by atoms with Crippen molar-refractivity contribution in [3.05, 3.63) is 23.0 Å². The van der Waals surface area contributed by atoms with Crippen LogP contribution in [0.25, 0.3) is 0 Å². The Bertz CT molecular complexity index is 404. The van der Waals surface area contributed by atoms with Gasteiger partial charge in [0.1, 0.15) is 5.69 Å². The van der Waals surface area contributed by atoms with Crippen LogP contribution in [0.5, 0.6) is 0 Å². The van der Waals surface area contributed by atoms with Gasteiger partial charge >= 0.3 is 0 Å². The van der Waals surface area contributed by atoms with Crippen LogP contribution in [0.2, 0.25) is 0 Å². The number of aromatic nitrogens is 1. The molecule has 0 bridgehead atoms. The fourth-order valence-electron chi connectivity index (χ4n) is 2.44. The Morgan fingerprint density at radius 3 is 2.53 bits per heavy atom. The maximum Gasteiger partial charge on any atom is 0.268 e. The third-order valence-electron chi connectivity index (χ3n) is 3.41. The van der Waals surface area contributed by atoms with Crippen LogP contribution in [-0.4, -0.2) is 28.1 Å². The van der Waals surface area contributed by atoms with Crippen molar-refractivity contribution in [3.63, 3.8) is 0 Å². The number of aromatic amines is 1. The fourth-order valence-corrected chi connectivity index (χ4v) is 2.44. The highest BCUT2D eigenvalue weighted by Crippen LogP contribution is 2.19. The second kappa shape index (κ2) is 4.92. The predicted octanol–water partition coefficient (Wildman–Crippen LogP) is 1.66. The van der Waals surface area contributed by atoms with E-state index in [2.05, 4.69) is 10.3 Å². The number of aliphatic hydroxyl groups excluding tert-OH is 1. The number of amides is 1. The maximum atomic E-state index is 12.0. The lowest BCUT2D eigenvalue weighted by Gasteiger charge is -2.26. The summed E-state index contributed by atoms with van der Waals surface area (Å²) in [6, 6.07) is 2.17. The first-order valence-electron chi connectivity index (χ1n) is 6.21. The van der Waals surface area contributed by atoms with Gasteiger partial charge in [-0.3, -0.25) is 4.79 Å². The first-order chi connectivity index (χ1) is 8.06. The molecule has 1 saturated carbocycles. The van der Waals surface area contributed by atoms with Crippen LogP contribution in [0, 0.1) is 13.8 Å². The minimum Gasteiger partial charge on any atom is -0.393 e. The summed E-state index contributed by atoms with van der Waals surface area (Å²) in [7, 11) is 0. The Balaban J connectivity index is 1.95. The number of H-pyrrole nitrogens is 1. The molecule has 3 N–H and O–H groups in total. The normalized spacial score (nSPS) is 24.6. The Hall–Kier alpha value is -1.29. The molecule has 1 aromatic heterocycles. The van der Waals surface area contributed by atoms with Gasteiger partial charge in [0.25, 0.3) is 5.91 Å². The van der Waals surface area contributed by atoms with E-state index >= 15 is 0 Å². The van der Waals surface area contributed by atoms with E-state index in [1.807, 2.05) is 19.9 Å². The number of nitrogens with one attached hydrogen (secondary N) is 2. The number of carbonyl (C=O) groups excluding carboxylic acids is 1. The third kappa shape index (κ3) is 2.88. The minimum absolute atomic E-state index is 0.0306. The van der Waals surface area contributed by atoms with Crippen molar-refractivity contribution in [2.24, 2.45) is 0 Å². The average Bonchev–Trinajstić information content (AvgIpc) is 2.61. The van der Waals surface area contributed by atoms with E-state index in [0.29, 0.717) is 5.69 Å². The molecule has 0 unspecified atom stereocenters. The summed E-state index contributed by atoms with van der Waals surface area (Å²) in [6.45, 7) is 3.88. The van der Waals surface area contributed by atoms with Gasteiger partial charge in [-0.15, -0.1) is 0 Å². The van der Waals surface area contributed by atoms with Crippen molar-refractivity contribution in [3.8, 4) is 0 Å². The van der Waals surface area contributed by atoms with Gasteiger partial charge in [-0.1, -0.05) is 0 Å². The van der Waals surface area contributed by atoms with Gasteiger partial charge < -0.3 is 15.4 Å². The lowest BCUT2D eigenvalue weighted by Crippen LogP contribution is -2.38. The molecule has 0 radical (unpaired) electrons. The number of carbonyl (C=O) groups is 1. The summed E-state index contributed by atoms with van der Waals surface area (Å²) in [6.07, 6.45) is 3.12. The first-order valence-corrected chi connectivity index (χ1v) is 6.21. The lowest BCUT2D eigenvalue weighted by molar-refractivity contribution is 0.0863. The van der Waals surface area contributed by atoms with E-state index in [1.54, 1.807) is 0 Å². The Morgan fingerprint density at radius 2 is 2.00 bits per heavy atom. The molecule has 1 aromatic rings. The Labute approximate surface area is 101 Å². The topological polar surface area (TPSA) is 65.1 Å². The van der Waals surface area contributed by atoms with E-state index in [-0.39, 0.29) is 18.1 Å². The molecule has 1 aliphatic rings. The van der Waals surface area contributed by atoms with Gasteiger partial charge in [0.2, 0.25) is 0 Å². The largest absolute Gasteiger partial charge is 0.393 e. The van der Waals surface area contributed by atoms with E-state index in [4.69, 9.17) is 0 Å². The monoisotopic (exact) mass is 236 g/mol. The van der Waals surface area contributed by atoms with Crippen molar-refractivity contribution in [2.75, 3.05) is 0 Å². The Morgan fingerprint density at radius 1 is 1.35 bits per heavy atom. The SMILES string of the molecule is Cc1cc(C)c(C(=O)NC2CCC(O)CC2)[nH]1.